The van der Waals surface area contributed by atoms with E-state index >= 15 is 0 Å². The Kier molecular flexibility index (Phi) is 4.27. The van der Waals surface area contributed by atoms with E-state index in [0.29, 0.717) is 12.0 Å². The maximum atomic E-state index is 5.84. The molecule has 1 aromatic carbocycles. The molecule has 0 bridgehead atoms. The van der Waals surface area contributed by atoms with Crippen LogP contribution >= 0.6 is 0 Å². The SMILES string of the molecule is CCn1c(CC(NN)C2CCC(C)C2)nc2ccccc21. The topological polar surface area (TPSA) is 55.9 Å². The van der Waals surface area contributed by atoms with E-state index in [1.165, 1.54) is 24.8 Å². The molecule has 0 aliphatic heterocycles. The minimum atomic E-state index is 0.331. The van der Waals surface area contributed by atoms with Crippen LogP contribution in [0.1, 0.15) is 38.9 Å². The highest BCUT2D eigenvalue weighted by molar-refractivity contribution is 5.75. The summed E-state index contributed by atoms with van der Waals surface area (Å²) >= 11 is 0. The van der Waals surface area contributed by atoms with Gasteiger partial charge in [0.1, 0.15) is 5.82 Å². The van der Waals surface area contributed by atoms with Crippen molar-refractivity contribution in [1.82, 2.24) is 15.0 Å². The lowest BCUT2D eigenvalue weighted by atomic mass is 9.94. The molecule has 114 valence electrons. The van der Waals surface area contributed by atoms with Gasteiger partial charge in [0.15, 0.2) is 0 Å². The zero-order valence-electron chi connectivity index (χ0n) is 13.0. The molecular formula is C17H26N4. The van der Waals surface area contributed by atoms with Gasteiger partial charge in [0.2, 0.25) is 0 Å². The molecular weight excluding hydrogens is 260 g/mol. The number of hydrogen-bond donors (Lipinski definition) is 2. The molecule has 0 saturated heterocycles. The number of imidazole rings is 1. The van der Waals surface area contributed by atoms with Gasteiger partial charge < -0.3 is 4.57 Å². The number of hydrogen-bond acceptors (Lipinski definition) is 3. The Bertz CT molecular complexity index is 604. The van der Waals surface area contributed by atoms with Gasteiger partial charge >= 0.3 is 0 Å². The molecule has 3 N–H and O–H groups in total. The van der Waals surface area contributed by atoms with Crippen LogP contribution in [0.3, 0.4) is 0 Å². The average molecular weight is 286 g/mol. The highest BCUT2D eigenvalue weighted by Gasteiger charge is 2.29. The van der Waals surface area contributed by atoms with E-state index in [0.717, 1.165) is 30.2 Å². The van der Waals surface area contributed by atoms with Crippen molar-refractivity contribution >= 4 is 11.0 Å². The first-order valence-corrected chi connectivity index (χ1v) is 8.13. The van der Waals surface area contributed by atoms with Crippen LogP contribution in [-0.4, -0.2) is 15.6 Å². The number of nitrogens with two attached hydrogens (primary N) is 1. The molecule has 1 aliphatic carbocycles. The number of benzene rings is 1. The molecule has 4 nitrogen and oxygen atoms in total. The van der Waals surface area contributed by atoms with Gasteiger partial charge in [0.25, 0.3) is 0 Å². The smallest absolute Gasteiger partial charge is 0.111 e. The molecule has 3 atom stereocenters. The van der Waals surface area contributed by atoms with Crippen molar-refractivity contribution in [2.45, 2.75) is 52.1 Å². The van der Waals surface area contributed by atoms with Gasteiger partial charge in [-0.2, -0.15) is 0 Å². The fourth-order valence-corrected chi connectivity index (χ4v) is 3.81. The van der Waals surface area contributed by atoms with E-state index in [2.05, 4.69) is 48.1 Å². The summed E-state index contributed by atoms with van der Waals surface area (Å²) in [5.74, 6) is 8.50. The third kappa shape index (κ3) is 2.83. The molecule has 2 aromatic rings. The fraction of sp³-hybridized carbons (Fsp3) is 0.588. The number of aromatic nitrogens is 2. The first-order chi connectivity index (χ1) is 10.2. The minimum Gasteiger partial charge on any atom is -0.328 e. The Hall–Kier alpha value is -1.39. The lowest BCUT2D eigenvalue weighted by Crippen LogP contribution is -2.42. The molecule has 1 saturated carbocycles. The summed E-state index contributed by atoms with van der Waals surface area (Å²) in [7, 11) is 0. The third-order valence-electron chi connectivity index (χ3n) is 4.97. The largest absolute Gasteiger partial charge is 0.328 e. The van der Waals surface area contributed by atoms with Crippen molar-refractivity contribution in [2.24, 2.45) is 17.7 Å². The van der Waals surface area contributed by atoms with Crippen molar-refractivity contribution < 1.29 is 0 Å². The van der Waals surface area contributed by atoms with Crippen LogP contribution in [0.2, 0.25) is 0 Å². The second-order valence-corrected chi connectivity index (χ2v) is 6.42. The van der Waals surface area contributed by atoms with Gasteiger partial charge in [-0.15, -0.1) is 0 Å². The molecule has 4 heteroatoms. The summed E-state index contributed by atoms with van der Waals surface area (Å²) in [6, 6.07) is 8.70. The van der Waals surface area contributed by atoms with Crippen LogP contribution in [0.15, 0.2) is 24.3 Å². The summed E-state index contributed by atoms with van der Waals surface area (Å²) in [5.41, 5.74) is 5.37. The summed E-state index contributed by atoms with van der Waals surface area (Å²) < 4.78 is 2.32. The standard InChI is InChI=1S/C17H26N4/c1-3-21-16-7-5-4-6-14(16)19-17(21)11-15(20-18)13-9-8-12(2)10-13/h4-7,12-13,15,20H,3,8-11,18H2,1-2H3. The van der Waals surface area contributed by atoms with Crippen LogP contribution in [0.5, 0.6) is 0 Å². The molecule has 0 amide bonds. The van der Waals surface area contributed by atoms with Crippen LogP contribution < -0.4 is 11.3 Å². The molecule has 1 aromatic heterocycles. The summed E-state index contributed by atoms with van der Waals surface area (Å²) in [6.07, 6.45) is 4.80. The zero-order chi connectivity index (χ0) is 14.8. The number of rotatable bonds is 5. The van der Waals surface area contributed by atoms with E-state index < -0.39 is 0 Å². The van der Waals surface area contributed by atoms with Crippen molar-refractivity contribution in [3.05, 3.63) is 30.1 Å². The Morgan fingerprint density at radius 2 is 2.19 bits per heavy atom. The molecule has 1 aliphatic rings. The van der Waals surface area contributed by atoms with Gasteiger partial charge in [-0.1, -0.05) is 25.5 Å². The van der Waals surface area contributed by atoms with Crippen LogP contribution in [0.25, 0.3) is 11.0 Å². The van der Waals surface area contributed by atoms with Crippen molar-refractivity contribution in [1.29, 1.82) is 0 Å². The molecule has 0 radical (unpaired) electrons. The molecule has 1 fully saturated rings. The maximum Gasteiger partial charge on any atom is 0.111 e. The first kappa shape index (κ1) is 14.5. The summed E-state index contributed by atoms with van der Waals surface area (Å²) in [6.45, 7) is 5.48. The molecule has 21 heavy (non-hydrogen) atoms. The van der Waals surface area contributed by atoms with Crippen LogP contribution in [0.4, 0.5) is 0 Å². The van der Waals surface area contributed by atoms with Crippen molar-refractivity contribution in [3.8, 4) is 0 Å². The minimum absolute atomic E-state index is 0.331. The Balaban J connectivity index is 1.86. The number of nitrogens with zero attached hydrogens (tertiary/aromatic N) is 2. The second-order valence-electron chi connectivity index (χ2n) is 6.42. The number of fused-ring (bicyclic) bond motifs is 1. The van der Waals surface area contributed by atoms with Crippen molar-refractivity contribution in [3.63, 3.8) is 0 Å². The predicted molar refractivity (Wildman–Crippen MR) is 86.7 cm³/mol. The predicted octanol–water partition coefficient (Wildman–Crippen LogP) is 2.87. The highest BCUT2D eigenvalue weighted by Crippen LogP contribution is 2.33. The van der Waals surface area contributed by atoms with Gasteiger partial charge in [-0.3, -0.25) is 11.3 Å². The van der Waals surface area contributed by atoms with E-state index in [9.17, 15) is 0 Å². The third-order valence-corrected chi connectivity index (χ3v) is 4.97. The van der Waals surface area contributed by atoms with Gasteiger partial charge in [-0.05, 0) is 43.7 Å². The number of aryl methyl sites for hydroxylation is 1. The number of nitrogens with one attached hydrogen (secondary N) is 1. The normalized spacial score (nSPS) is 23.8. The van der Waals surface area contributed by atoms with Crippen LogP contribution in [0, 0.1) is 11.8 Å². The Labute approximate surface area is 126 Å². The molecule has 0 spiro atoms. The monoisotopic (exact) mass is 286 g/mol. The highest BCUT2D eigenvalue weighted by atomic mass is 15.2. The Morgan fingerprint density at radius 1 is 1.38 bits per heavy atom. The van der Waals surface area contributed by atoms with Gasteiger partial charge in [-0.25, -0.2) is 4.98 Å². The molecule has 1 heterocycles. The maximum absolute atomic E-state index is 5.84. The lowest BCUT2D eigenvalue weighted by Gasteiger charge is -2.22. The number of para-hydroxylation sites is 2. The molecule has 3 unspecified atom stereocenters. The fourth-order valence-electron chi connectivity index (χ4n) is 3.81. The van der Waals surface area contributed by atoms with E-state index in [1.54, 1.807) is 0 Å². The average Bonchev–Trinajstić information content (AvgIpc) is 3.07. The van der Waals surface area contributed by atoms with Gasteiger partial charge in [0, 0.05) is 19.0 Å². The van der Waals surface area contributed by atoms with Crippen LogP contribution in [-0.2, 0) is 13.0 Å². The number of hydrazine groups is 1. The first-order valence-electron chi connectivity index (χ1n) is 8.13. The summed E-state index contributed by atoms with van der Waals surface area (Å²) in [4.78, 5) is 4.83. The lowest BCUT2D eigenvalue weighted by molar-refractivity contribution is 0.345. The van der Waals surface area contributed by atoms with Crippen molar-refractivity contribution in [2.75, 3.05) is 0 Å². The van der Waals surface area contributed by atoms with E-state index in [4.69, 9.17) is 10.8 Å². The summed E-state index contributed by atoms with van der Waals surface area (Å²) in [5, 5.41) is 0. The second kappa shape index (κ2) is 6.16. The van der Waals surface area contributed by atoms with E-state index in [-0.39, 0.29) is 0 Å². The van der Waals surface area contributed by atoms with Gasteiger partial charge in [0.05, 0.1) is 11.0 Å². The molecule has 3 rings (SSSR count). The van der Waals surface area contributed by atoms with E-state index in [1.807, 2.05) is 0 Å². The quantitative estimate of drug-likeness (QED) is 0.656. The zero-order valence-corrected chi connectivity index (χ0v) is 13.0. The Morgan fingerprint density at radius 3 is 2.86 bits per heavy atom.